The Morgan fingerprint density at radius 3 is 2.73 bits per heavy atom. The molecular weight excluding hydrogens is 304 g/mol. The molecule has 2 fully saturated rings. The van der Waals surface area contributed by atoms with Crippen molar-refractivity contribution >= 4 is 23.2 Å². The third-order valence-corrected chi connectivity index (χ3v) is 4.92. The third kappa shape index (κ3) is 3.16. The van der Waals surface area contributed by atoms with E-state index >= 15 is 0 Å². The van der Waals surface area contributed by atoms with Gasteiger partial charge in [-0.15, -0.1) is 11.3 Å². The second kappa shape index (κ2) is 6.36. The van der Waals surface area contributed by atoms with Gasteiger partial charge in [0.1, 0.15) is 5.60 Å². The number of rotatable bonds is 1. The van der Waals surface area contributed by atoms with Gasteiger partial charge in [-0.05, 0) is 11.4 Å². The SMILES string of the molecule is CC(=O)N1CCOCC2(C1)CN(C(=O)c1cccs1)CCO2. The normalized spacial score (nSPS) is 26.0. The number of hydrogen-bond donors (Lipinski definition) is 0. The summed E-state index contributed by atoms with van der Waals surface area (Å²) >= 11 is 1.44. The highest BCUT2D eigenvalue weighted by Gasteiger charge is 2.42. The van der Waals surface area contributed by atoms with E-state index in [4.69, 9.17) is 9.47 Å². The lowest BCUT2D eigenvalue weighted by Crippen LogP contribution is -2.60. The van der Waals surface area contributed by atoms with Gasteiger partial charge in [0.2, 0.25) is 5.91 Å². The first-order chi connectivity index (χ1) is 10.6. The van der Waals surface area contributed by atoms with Crippen LogP contribution in [0.1, 0.15) is 16.6 Å². The fourth-order valence-electron chi connectivity index (χ4n) is 2.93. The molecule has 0 radical (unpaired) electrons. The smallest absolute Gasteiger partial charge is 0.264 e. The first kappa shape index (κ1) is 15.5. The molecule has 2 aliphatic rings. The molecule has 0 bridgehead atoms. The van der Waals surface area contributed by atoms with Gasteiger partial charge < -0.3 is 19.3 Å². The Morgan fingerprint density at radius 1 is 1.23 bits per heavy atom. The second-order valence-electron chi connectivity index (χ2n) is 5.73. The van der Waals surface area contributed by atoms with Crippen molar-refractivity contribution in [2.45, 2.75) is 12.5 Å². The molecule has 1 unspecified atom stereocenters. The molecule has 0 N–H and O–H groups in total. The van der Waals surface area contributed by atoms with Gasteiger partial charge in [-0.25, -0.2) is 0 Å². The maximum Gasteiger partial charge on any atom is 0.264 e. The molecule has 0 aliphatic carbocycles. The molecule has 3 rings (SSSR count). The first-order valence-electron chi connectivity index (χ1n) is 7.40. The predicted octanol–water partition coefficient (Wildman–Crippen LogP) is 0.838. The number of thiophene rings is 1. The average Bonchev–Trinajstić information content (AvgIpc) is 2.97. The standard InChI is InChI=1S/C15H20N2O4S/c1-12(18)16-4-6-20-11-15(9-16)10-17(5-7-21-15)14(19)13-3-2-8-22-13/h2-3,8H,4-7,9-11H2,1H3. The zero-order valence-corrected chi connectivity index (χ0v) is 13.4. The molecule has 6 nitrogen and oxygen atoms in total. The quantitative estimate of drug-likeness (QED) is 0.768. The van der Waals surface area contributed by atoms with Crippen LogP contribution in [0.15, 0.2) is 17.5 Å². The van der Waals surface area contributed by atoms with Gasteiger partial charge in [-0.3, -0.25) is 9.59 Å². The summed E-state index contributed by atoms with van der Waals surface area (Å²) in [5.74, 6) is 0.0338. The summed E-state index contributed by atoms with van der Waals surface area (Å²) in [6, 6.07) is 3.71. The van der Waals surface area contributed by atoms with Crippen molar-refractivity contribution in [3.63, 3.8) is 0 Å². The Hall–Kier alpha value is -1.44. The van der Waals surface area contributed by atoms with Crippen LogP contribution in [0.4, 0.5) is 0 Å². The van der Waals surface area contributed by atoms with Crippen LogP contribution in [-0.2, 0) is 14.3 Å². The van der Waals surface area contributed by atoms with Crippen LogP contribution in [0.5, 0.6) is 0 Å². The van der Waals surface area contributed by atoms with E-state index in [1.807, 2.05) is 22.4 Å². The molecule has 1 spiro atoms. The number of carbonyl (C=O) groups excluding carboxylic acids is 2. The van der Waals surface area contributed by atoms with Crippen molar-refractivity contribution in [1.82, 2.24) is 9.80 Å². The summed E-state index contributed by atoms with van der Waals surface area (Å²) in [4.78, 5) is 28.5. The van der Waals surface area contributed by atoms with Crippen LogP contribution in [0.2, 0.25) is 0 Å². The zero-order valence-electron chi connectivity index (χ0n) is 12.6. The number of morpholine rings is 1. The van der Waals surface area contributed by atoms with E-state index in [9.17, 15) is 9.59 Å². The Labute approximate surface area is 133 Å². The lowest BCUT2D eigenvalue weighted by atomic mass is 10.0. The molecular formula is C15H20N2O4S. The van der Waals surface area contributed by atoms with Crippen molar-refractivity contribution in [3.8, 4) is 0 Å². The molecule has 22 heavy (non-hydrogen) atoms. The largest absolute Gasteiger partial charge is 0.376 e. The van der Waals surface area contributed by atoms with E-state index in [1.54, 1.807) is 11.8 Å². The van der Waals surface area contributed by atoms with Crippen molar-refractivity contribution in [2.24, 2.45) is 0 Å². The van der Waals surface area contributed by atoms with E-state index in [0.717, 1.165) is 4.88 Å². The highest BCUT2D eigenvalue weighted by Crippen LogP contribution is 2.24. The Balaban J connectivity index is 1.76. The lowest BCUT2D eigenvalue weighted by molar-refractivity contribution is -0.145. The monoisotopic (exact) mass is 324 g/mol. The molecule has 1 atom stereocenters. The maximum absolute atomic E-state index is 12.5. The third-order valence-electron chi connectivity index (χ3n) is 4.06. The van der Waals surface area contributed by atoms with Crippen molar-refractivity contribution in [2.75, 3.05) is 46.0 Å². The van der Waals surface area contributed by atoms with Crippen LogP contribution in [0.3, 0.4) is 0 Å². The number of amides is 2. The van der Waals surface area contributed by atoms with E-state index in [-0.39, 0.29) is 11.8 Å². The van der Waals surface area contributed by atoms with Gasteiger partial charge in [-0.2, -0.15) is 0 Å². The molecule has 1 aromatic rings. The highest BCUT2D eigenvalue weighted by atomic mass is 32.1. The molecule has 2 aliphatic heterocycles. The molecule has 1 aromatic heterocycles. The summed E-state index contributed by atoms with van der Waals surface area (Å²) in [6.07, 6.45) is 0. The fraction of sp³-hybridized carbons (Fsp3) is 0.600. The molecule has 0 aromatic carbocycles. The predicted molar refractivity (Wildman–Crippen MR) is 82.0 cm³/mol. The van der Waals surface area contributed by atoms with Crippen molar-refractivity contribution in [1.29, 1.82) is 0 Å². The van der Waals surface area contributed by atoms with Gasteiger partial charge in [-0.1, -0.05) is 6.07 Å². The van der Waals surface area contributed by atoms with Gasteiger partial charge >= 0.3 is 0 Å². The zero-order chi connectivity index (χ0) is 15.6. The summed E-state index contributed by atoms with van der Waals surface area (Å²) in [5, 5.41) is 1.90. The van der Waals surface area contributed by atoms with Crippen molar-refractivity contribution in [3.05, 3.63) is 22.4 Å². The second-order valence-corrected chi connectivity index (χ2v) is 6.68. The Kier molecular flexibility index (Phi) is 4.46. The van der Waals surface area contributed by atoms with Crippen LogP contribution in [0.25, 0.3) is 0 Å². The molecule has 2 saturated heterocycles. The minimum absolute atomic E-state index is 0.00943. The van der Waals surface area contributed by atoms with E-state index in [0.29, 0.717) is 46.0 Å². The topological polar surface area (TPSA) is 59.1 Å². The van der Waals surface area contributed by atoms with Crippen LogP contribution < -0.4 is 0 Å². The van der Waals surface area contributed by atoms with Crippen LogP contribution in [-0.4, -0.2) is 73.2 Å². The molecule has 0 saturated carbocycles. The number of hydrogen-bond acceptors (Lipinski definition) is 5. The Morgan fingerprint density at radius 2 is 2.00 bits per heavy atom. The van der Waals surface area contributed by atoms with Crippen LogP contribution in [0, 0.1) is 0 Å². The van der Waals surface area contributed by atoms with Crippen LogP contribution >= 0.6 is 11.3 Å². The number of ether oxygens (including phenoxy) is 2. The lowest BCUT2D eigenvalue weighted by Gasteiger charge is -2.43. The minimum Gasteiger partial charge on any atom is -0.376 e. The highest BCUT2D eigenvalue weighted by molar-refractivity contribution is 7.12. The minimum atomic E-state index is -0.618. The fourth-order valence-corrected chi connectivity index (χ4v) is 3.62. The van der Waals surface area contributed by atoms with Crippen molar-refractivity contribution < 1.29 is 19.1 Å². The van der Waals surface area contributed by atoms with Gasteiger partial charge in [0.25, 0.3) is 5.91 Å². The average molecular weight is 324 g/mol. The summed E-state index contributed by atoms with van der Waals surface area (Å²) in [7, 11) is 0. The molecule has 2 amide bonds. The summed E-state index contributed by atoms with van der Waals surface area (Å²) in [5.41, 5.74) is -0.618. The molecule has 3 heterocycles. The molecule has 7 heteroatoms. The number of nitrogens with zero attached hydrogens (tertiary/aromatic N) is 2. The first-order valence-corrected chi connectivity index (χ1v) is 8.28. The van der Waals surface area contributed by atoms with E-state index < -0.39 is 5.60 Å². The van der Waals surface area contributed by atoms with Gasteiger partial charge in [0, 0.05) is 20.0 Å². The summed E-state index contributed by atoms with van der Waals surface area (Å²) in [6.45, 7) is 4.99. The van der Waals surface area contributed by atoms with Gasteiger partial charge in [0.15, 0.2) is 0 Å². The molecule has 120 valence electrons. The van der Waals surface area contributed by atoms with E-state index in [1.165, 1.54) is 11.3 Å². The number of carbonyl (C=O) groups is 2. The Bertz CT molecular complexity index is 548. The summed E-state index contributed by atoms with van der Waals surface area (Å²) < 4.78 is 11.6. The maximum atomic E-state index is 12.5. The van der Waals surface area contributed by atoms with E-state index in [2.05, 4.69) is 0 Å². The van der Waals surface area contributed by atoms with Gasteiger partial charge in [0.05, 0.1) is 37.8 Å².